The van der Waals surface area contributed by atoms with Gasteiger partial charge in [-0.2, -0.15) is 0 Å². The van der Waals surface area contributed by atoms with Crippen LogP contribution in [-0.2, 0) is 12.8 Å². The van der Waals surface area contributed by atoms with Gasteiger partial charge in [-0.15, -0.1) is 11.3 Å². The van der Waals surface area contributed by atoms with Gasteiger partial charge < -0.3 is 9.88 Å². The van der Waals surface area contributed by atoms with Crippen molar-refractivity contribution in [3.05, 3.63) is 124 Å². The van der Waals surface area contributed by atoms with Crippen molar-refractivity contribution in [3.8, 4) is 16.8 Å². The molecule has 1 N–H and O–H groups in total. The molecule has 0 saturated carbocycles. The number of thiophene rings is 1. The maximum atomic E-state index is 13.4. The second kappa shape index (κ2) is 10.9. The number of nitrogens with zero attached hydrogens (tertiary/aromatic N) is 2. The molecular formula is C34H31N3OS. The van der Waals surface area contributed by atoms with Crippen molar-refractivity contribution >= 4 is 34.1 Å². The number of rotatable bonds is 6. The van der Waals surface area contributed by atoms with Crippen LogP contribution in [0.4, 0.5) is 10.7 Å². The average molecular weight is 530 g/mol. The molecule has 0 aliphatic heterocycles. The van der Waals surface area contributed by atoms with Gasteiger partial charge in [0.15, 0.2) is 0 Å². The number of carbonyl (C=O) groups excluding carboxylic acids is 1. The van der Waals surface area contributed by atoms with Crippen LogP contribution in [0.2, 0.25) is 0 Å². The third-order valence-corrected chi connectivity index (χ3v) is 8.64. The standard InChI is InChI=1S/C34H31N3OS/c1-23-21-27(24(2)37(23)29-19-17-26(18-20-29)25-11-5-3-6-12-25)22-35-34-32(30-15-9-10-16-31(30)39-34)33(38)36-28-13-7-4-8-14-28/h3-8,11-14,17-22H,9-10,15-16H2,1-2H3,(H,36,38). The van der Waals surface area contributed by atoms with Gasteiger partial charge in [-0.25, -0.2) is 4.99 Å². The Hall–Kier alpha value is -4.22. The molecule has 4 nitrogen and oxygen atoms in total. The van der Waals surface area contributed by atoms with E-state index in [1.807, 2.05) is 42.6 Å². The highest BCUT2D eigenvalue weighted by molar-refractivity contribution is 7.16. The number of benzene rings is 3. The van der Waals surface area contributed by atoms with E-state index in [0.29, 0.717) is 0 Å². The molecule has 6 rings (SSSR count). The van der Waals surface area contributed by atoms with Gasteiger partial charge in [0.1, 0.15) is 5.00 Å². The first-order chi connectivity index (χ1) is 19.1. The molecule has 0 atom stereocenters. The molecule has 0 saturated heterocycles. The van der Waals surface area contributed by atoms with E-state index >= 15 is 0 Å². The van der Waals surface area contributed by atoms with Crippen LogP contribution in [0, 0.1) is 13.8 Å². The monoisotopic (exact) mass is 529 g/mol. The van der Waals surface area contributed by atoms with Crippen molar-refractivity contribution in [3.63, 3.8) is 0 Å². The van der Waals surface area contributed by atoms with Crippen LogP contribution in [0.3, 0.4) is 0 Å². The SMILES string of the molecule is Cc1cc(C=Nc2sc3c(c2C(=O)Nc2ccccc2)CCCC3)c(C)n1-c1ccc(-c2ccccc2)cc1. The van der Waals surface area contributed by atoms with Gasteiger partial charge in [0.05, 0.1) is 5.56 Å². The van der Waals surface area contributed by atoms with E-state index in [4.69, 9.17) is 4.99 Å². The summed E-state index contributed by atoms with van der Waals surface area (Å²) in [5, 5.41) is 3.88. The number of anilines is 1. The Morgan fingerprint density at radius 3 is 2.28 bits per heavy atom. The summed E-state index contributed by atoms with van der Waals surface area (Å²) in [6, 6.07) is 30.9. The topological polar surface area (TPSA) is 46.4 Å². The number of carbonyl (C=O) groups is 1. The zero-order valence-corrected chi connectivity index (χ0v) is 23.1. The minimum absolute atomic E-state index is 0.0725. The molecular weight excluding hydrogens is 498 g/mol. The lowest BCUT2D eigenvalue weighted by molar-refractivity contribution is 0.102. The van der Waals surface area contributed by atoms with Gasteiger partial charge in [0, 0.05) is 39.4 Å². The van der Waals surface area contributed by atoms with Crippen molar-refractivity contribution in [2.24, 2.45) is 4.99 Å². The number of hydrogen-bond donors (Lipinski definition) is 1. The molecule has 0 radical (unpaired) electrons. The van der Waals surface area contributed by atoms with Gasteiger partial charge in [-0.3, -0.25) is 4.79 Å². The molecule has 5 heteroatoms. The Bertz CT molecular complexity index is 1640. The minimum Gasteiger partial charge on any atom is -0.322 e. The van der Waals surface area contributed by atoms with Gasteiger partial charge in [-0.1, -0.05) is 60.7 Å². The lowest BCUT2D eigenvalue weighted by Crippen LogP contribution is -2.14. The third-order valence-electron chi connectivity index (χ3n) is 7.44. The Morgan fingerprint density at radius 1 is 0.872 bits per heavy atom. The van der Waals surface area contributed by atoms with E-state index in [0.717, 1.165) is 58.2 Å². The molecule has 1 aliphatic rings. The second-order valence-electron chi connectivity index (χ2n) is 10.0. The quantitative estimate of drug-likeness (QED) is 0.220. The number of nitrogens with one attached hydrogen (secondary N) is 1. The van der Waals surface area contributed by atoms with Crippen LogP contribution in [0.15, 0.2) is 96.0 Å². The van der Waals surface area contributed by atoms with Crippen LogP contribution in [0.1, 0.15) is 50.6 Å². The fourth-order valence-electron chi connectivity index (χ4n) is 5.47. The molecule has 2 aromatic heterocycles. The number of hydrogen-bond acceptors (Lipinski definition) is 3. The Balaban J connectivity index is 1.30. The molecule has 0 bridgehead atoms. The van der Waals surface area contributed by atoms with Crippen LogP contribution in [0.5, 0.6) is 0 Å². The second-order valence-corrected chi connectivity index (χ2v) is 11.1. The summed E-state index contributed by atoms with van der Waals surface area (Å²) in [4.78, 5) is 19.7. The summed E-state index contributed by atoms with van der Waals surface area (Å²) in [6.07, 6.45) is 6.16. The van der Waals surface area contributed by atoms with Gasteiger partial charge in [0.2, 0.25) is 0 Å². The lowest BCUT2D eigenvalue weighted by Gasteiger charge is -2.12. The van der Waals surface area contributed by atoms with Gasteiger partial charge in [0.25, 0.3) is 5.91 Å². The number of amides is 1. The lowest BCUT2D eigenvalue weighted by atomic mass is 9.95. The maximum Gasteiger partial charge on any atom is 0.259 e. The molecule has 194 valence electrons. The zero-order valence-electron chi connectivity index (χ0n) is 22.3. The van der Waals surface area contributed by atoms with Gasteiger partial charge in [-0.05, 0) is 86.6 Å². The molecule has 0 fully saturated rings. The van der Waals surface area contributed by atoms with Crippen molar-refractivity contribution in [1.29, 1.82) is 0 Å². The van der Waals surface area contributed by atoms with E-state index in [9.17, 15) is 4.79 Å². The zero-order chi connectivity index (χ0) is 26.8. The smallest absolute Gasteiger partial charge is 0.259 e. The third kappa shape index (κ3) is 5.10. The first-order valence-corrected chi connectivity index (χ1v) is 14.3. The largest absolute Gasteiger partial charge is 0.322 e. The minimum atomic E-state index is -0.0725. The summed E-state index contributed by atoms with van der Waals surface area (Å²) in [6.45, 7) is 4.25. The number of aromatic nitrogens is 1. The fourth-order valence-corrected chi connectivity index (χ4v) is 6.70. The number of para-hydroxylation sites is 1. The van der Waals surface area contributed by atoms with Crippen LogP contribution in [-0.4, -0.2) is 16.7 Å². The maximum absolute atomic E-state index is 13.4. The van der Waals surface area contributed by atoms with E-state index in [1.165, 1.54) is 28.0 Å². The van der Waals surface area contributed by atoms with Gasteiger partial charge >= 0.3 is 0 Å². The van der Waals surface area contributed by atoms with E-state index in [2.05, 4.69) is 78.3 Å². The van der Waals surface area contributed by atoms with Crippen LogP contribution in [0.25, 0.3) is 16.8 Å². The number of fused-ring (bicyclic) bond motifs is 1. The highest BCUT2D eigenvalue weighted by atomic mass is 32.1. The molecule has 5 aromatic rings. The summed E-state index contributed by atoms with van der Waals surface area (Å²) in [7, 11) is 0. The normalized spacial score (nSPS) is 13.0. The summed E-state index contributed by atoms with van der Waals surface area (Å²) < 4.78 is 2.26. The highest BCUT2D eigenvalue weighted by Gasteiger charge is 2.25. The van der Waals surface area contributed by atoms with E-state index in [1.54, 1.807) is 11.3 Å². The molecule has 1 amide bonds. The molecule has 2 heterocycles. The molecule has 0 spiro atoms. The van der Waals surface area contributed by atoms with Crippen molar-refractivity contribution in [2.45, 2.75) is 39.5 Å². The van der Waals surface area contributed by atoms with E-state index < -0.39 is 0 Å². The highest BCUT2D eigenvalue weighted by Crippen LogP contribution is 2.40. The molecule has 0 unspecified atom stereocenters. The molecule has 3 aromatic carbocycles. The summed E-state index contributed by atoms with van der Waals surface area (Å²) >= 11 is 1.67. The fraction of sp³-hybridized carbons (Fsp3) is 0.176. The summed E-state index contributed by atoms with van der Waals surface area (Å²) in [5.74, 6) is -0.0725. The van der Waals surface area contributed by atoms with Crippen molar-refractivity contribution < 1.29 is 4.79 Å². The van der Waals surface area contributed by atoms with Crippen LogP contribution < -0.4 is 5.32 Å². The number of aliphatic imine (C=N–C) groups is 1. The first kappa shape index (κ1) is 25.1. The summed E-state index contributed by atoms with van der Waals surface area (Å²) in [5.41, 5.74) is 9.58. The predicted molar refractivity (Wildman–Crippen MR) is 163 cm³/mol. The predicted octanol–water partition coefficient (Wildman–Crippen LogP) is 8.70. The Labute approximate surface area is 233 Å². The van der Waals surface area contributed by atoms with E-state index in [-0.39, 0.29) is 5.91 Å². The average Bonchev–Trinajstić information content (AvgIpc) is 3.48. The van der Waals surface area contributed by atoms with Crippen molar-refractivity contribution in [1.82, 2.24) is 4.57 Å². The van der Waals surface area contributed by atoms with Crippen LogP contribution >= 0.6 is 11.3 Å². The first-order valence-electron chi connectivity index (χ1n) is 13.5. The Morgan fingerprint density at radius 2 is 1.54 bits per heavy atom. The molecule has 39 heavy (non-hydrogen) atoms. The number of aryl methyl sites for hydroxylation is 2. The van der Waals surface area contributed by atoms with Crippen molar-refractivity contribution in [2.75, 3.05) is 5.32 Å². The molecule has 1 aliphatic carbocycles. The Kier molecular flexibility index (Phi) is 6.99.